The predicted molar refractivity (Wildman–Crippen MR) is 32.3 cm³/mol. The van der Waals surface area contributed by atoms with Crippen LogP contribution >= 0.6 is 0 Å². The van der Waals surface area contributed by atoms with Gasteiger partial charge in [-0.25, -0.2) is 4.39 Å². The van der Waals surface area contributed by atoms with Gasteiger partial charge in [0, 0.05) is 0 Å². The van der Waals surface area contributed by atoms with E-state index >= 15 is 0 Å². The van der Waals surface area contributed by atoms with Crippen LogP contribution in [0.4, 0.5) is 52.7 Å². The summed E-state index contributed by atoms with van der Waals surface area (Å²) in [6.45, 7) is 0. The van der Waals surface area contributed by atoms with Crippen molar-refractivity contribution in [2.75, 3.05) is 0 Å². The molecule has 0 aromatic carbocycles. The number of rotatable bonds is 2. The second-order valence-electron chi connectivity index (χ2n) is 2.76. The maximum absolute atomic E-state index is 12.4. The second-order valence-corrected chi connectivity index (χ2v) is 2.76. The molecular formula is C6F12O. The van der Waals surface area contributed by atoms with Crippen LogP contribution in [0.5, 0.6) is 0 Å². The third-order valence-electron chi connectivity index (χ3n) is 1.31. The fourth-order valence-corrected chi connectivity index (χ4v) is 0.610. The molecule has 0 saturated carbocycles. The Hall–Kier alpha value is -1.30. The van der Waals surface area contributed by atoms with E-state index in [4.69, 9.17) is 0 Å². The van der Waals surface area contributed by atoms with Crippen LogP contribution < -0.4 is 0 Å². The van der Waals surface area contributed by atoms with Gasteiger partial charge in [-0.15, -0.1) is 13.2 Å². The maximum atomic E-state index is 12.4. The van der Waals surface area contributed by atoms with Crippen LogP contribution in [0.2, 0.25) is 0 Å². The summed E-state index contributed by atoms with van der Waals surface area (Å²) in [5, 5.41) is 0. The monoisotopic (exact) mass is 316 g/mol. The van der Waals surface area contributed by atoms with Gasteiger partial charge in [-0.1, -0.05) is 0 Å². The van der Waals surface area contributed by atoms with E-state index in [0.717, 1.165) is 0 Å². The summed E-state index contributed by atoms with van der Waals surface area (Å²) >= 11 is 0. The van der Waals surface area contributed by atoms with Crippen LogP contribution in [0, 0.1) is 0 Å². The van der Waals surface area contributed by atoms with Gasteiger partial charge in [0.2, 0.25) is 11.6 Å². The molecule has 0 spiro atoms. The smallest absolute Gasteiger partial charge is 0.397 e. The first kappa shape index (κ1) is 17.7. The molecule has 0 aliphatic carbocycles. The predicted octanol–water partition coefficient (Wildman–Crippen LogP) is 4.46. The molecule has 0 radical (unpaired) electrons. The lowest BCUT2D eigenvalue weighted by molar-refractivity contribution is -0.331. The SMILES string of the molecule is FC(=C(OC(F)(F)F)C(F)(F)F)C(F)(F)C(F)(F)F. The molecule has 0 fully saturated rings. The molecule has 114 valence electrons. The molecule has 0 atom stereocenters. The Kier molecular flexibility index (Phi) is 4.35. The van der Waals surface area contributed by atoms with Crippen molar-refractivity contribution < 1.29 is 57.4 Å². The summed E-state index contributed by atoms with van der Waals surface area (Å²) in [6, 6.07) is 0. The third-order valence-corrected chi connectivity index (χ3v) is 1.31. The van der Waals surface area contributed by atoms with E-state index in [1.165, 1.54) is 0 Å². The van der Waals surface area contributed by atoms with Gasteiger partial charge < -0.3 is 4.74 Å². The van der Waals surface area contributed by atoms with Crippen molar-refractivity contribution in [1.82, 2.24) is 0 Å². The van der Waals surface area contributed by atoms with Crippen LogP contribution in [0.25, 0.3) is 0 Å². The topological polar surface area (TPSA) is 9.23 Å². The minimum atomic E-state index is -6.87. The first-order valence-electron chi connectivity index (χ1n) is 3.68. The van der Waals surface area contributed by atoms with Gasteiger partial charge in [0.25, 0.3) is 0 Å². The average molecular weight is 316 g/mol. The highest BCUT2D eigenvalue weighted by atomic mass is 19.4. The minimum Gasteiger partial charge on any atom is -0.397 e. The Bertz CT molecular complexity index is 354. The van der Waals surface area contributed by atoms with E-state index in [1.54, 1.807) is 0 Å². The molecule has 0 amide bonds. The van der Waals surface area contributed by atoms with Crippen molar-refractivity contribution in [2.24, 2.45) is 0 Å². The van der Waals surface area contributed by atoms with Crippen molar-refractivity contribution in [2.45, 2.75) is 24.6 Å². The Morgan fingerprint density at radius 3 is 1.26 bits per heavy atom. The van der Waals surface area contributed by atoms with E-state index in [-0.39, 0.29) is 0 Å². The van der Waals surface area contributed by atoms with Crippen LogP contribution in [0.1, 0.15) is 0 Å². The number of alkyl halides is 11. The molecule has 0 aromatic heterocycles. The van der Waals surface area contributed by atoms with Gasteiger partial charge in [0.15, 0.2) is 0 Å². The standard InChI is InChI=1S/C6F12O/c7-1(3(8,9)5(13,14)15)2(4(10,11)12)19-6(16,17)18. The van der Waals surface area contributed by atoms with Gasteiger partial charge in [0.1, 0.15) is 0 Å². The van der Waals surface area contributed by atoms with Gasteiger partial charge >= 0.3 is 24.6 Å². The van der Waals surface area contributed by atoms with Crippen molar-refractivity contribution >= 4 is 0 Å². The zero-order valence-electron chi connectivity index (χ0n) is 7.94. The van der Waals surface area contributed by atoms with Crippen molar-refractivity contribution in [1.29, 1.82) is 0 Å². The van der Waals surface area contributed by atoms with E-state index in [2.05, 4.69) is 0 Å². The molecule has 0 unspecified atom stereocenters. The van der Waals surface area contributed by atoms with E-state index in [0.29, 0.717) is 0 Å². The van der Waals surface area contributed by atoms with Gasteiger partial charge in [-0.3, -0.25) is 0 Å². The second kappa shape index (κ2) is 4.67. The number of hydrogen-bond acceptors (Lipinski definition) is 1. The molecular weight excluding hydrogens is 316 g/mol. The molecule has 0 rings (SSSR count). The normalized spacial score (nSPS) is 16.2. The summed E-state index contributed by atoms with van der Waals surface area (Å²) in [7, 11) is 0. The van der Waals surface area contributed by atoms with Crippen molar-refractivity contribution in [3.63, 3.8) is 0 Å². The van der Waals surface area contributed by atoms with Crippen LogP contribution in [-0.4, -0.2) is 24.6 Å². The molecule has 0 heterocycles. The quantitative estimate of drug-likeness (QED) is 0.540. The van der Waals surface area contributed by atoms with E-state index in [1.807, 2.05) is 4.74 Å². The summed E-state index contributed by atoms with van der Waals surface area (Å²) in [4.78, 5) is 0. The van der Waals surface area contributed by atoms with Crippen LogP contribution in [0.15, 0.2) is 11.6 Å². The summed E-state index contributed by atoms with van der Waals surface area (Å²) in [5.41, 5.74) is 0. The molecule has 0 bridgehead atoms. The highest BCUT2D eigenvalue weighted by molar-refractivity contribution is 5.16. The van der Waals surface area contributed by atoms with Crippen LogP contribution in [-0.2, 0) is 4.74 Å². The Labute approximate surface area is 95.0 Å². The lowest BCUT2D eigenvalue weighted by atomic mass is 10.2. The van der Waals surface area contributed by atoms with Gasteiger partial charge in [-0.2, -0.15) is 35.1 Å². The molecule has 19 heavy (non-hydrogen) atoms. The first-order chi connectivity index (χ1) is 8.00. The minimum absolute atomic E-state index is 1.85. The van der Waals surface area contributed by atoms with E-state index < -0.39 is 36.2 Å². The summed E-state index contributed by atoms with van der Waals surface area (Å²) in [6.07, 6.45) is -19.7. The van der Waals surface area contributed by atoms with Crippen molar-refractivity contribution in [3.05, 3.63) is 11.6 Å². The van der Waals surface area contributed by atoms with Gasteiger partial charge in [-0.05, 0) is 0 Å². The highest BCUT2D eigenvalue weighted by Crippen LogP contribution is 2.46. The largest absolute Gasteiger partial charge is 0.573 e. The molecule has 0 aliphatic heterocycles. The first-order valence-corrected chi connectivity index (χ1v) is 3.68. The average Bonchev–Trinajstić information content (AvgIpc) is 2.07. The van der Waals surface area contributed by atoms with Crippen molar-refractivity contribution in [3.8, 4) is 0 Å². The molecule has 0 N–H and O–H groups in total. The Morgan fingerprint density at radius 2 is 1.05 bits per heavy atom. The lowest BCUT2D eigenvalue weighted by Crippen LogP contribution is -2.40. The zero-order chi connectivity index (χ0) is 15.9. The third kappa shape index (κ3) is 4.38. The molecule has 13 heteroatoms. The number of halogens is 12. The fraction of sp³-hybridized carbons (Fsp3) is 0.667. The number of ether oxygens (including phenoxy) is 1. The molecule has 0 aliphatic rings. The highest BCUT2D eigenvalue weighted by Gasteiger charge is 2.65. The Balaban J connectivity index is 5.90. The Morgan fingerprint density at radius 1 is 0.684 bits per heavy atom. The summed E-state index contributed by atoms with van der Waals surface area (Å²) in [5.74, 6) is -15.4. The van der Waals surface area contributed by atoms with E-state index in [9.17, 15) is 52.7 Å². The molecule has 0 saturated heterocycles. The maximum Gasteiger partial charge on any atom is 0.573 e. The zero-order valence-corrected chi connectivity index (χ0v) is 7.94. The molecule has 1 nitrogen and oxygen atoms in total. The molecule has 0 aromatic rings. The van der Waals surface area contributed by atoms with Gasteiger partial charge in [0.05, 0.1) is 0 Å². The number of allylic oxidation sites excluding steroid dienone is 2. The fourth-order valence-electron chi connectivity index (χ4n) is 0.610. The summed E-state index contributed by atoms with van der Waals surface area (Å²) < 4.78 is 143. The number of hydrogen-bond donors (Lipinski definition) is 0. The van der Waals surface area contributed by atoms with Crippen LogP contribution in [0.3, 0.4) is 0 Å². The lowest BCUT2D eigenvalue weighted by Gasteiger charge is -2.22.